The molecule has 1 fully saturated rings. The summed E-state index contributed by atoms with van der Waals surface area (Å²) in [5.41, 5.74) is 5.08. The van der Waals surface area contributed by atoms with Crippen LogP contribution in [0.4, 0.5) is 0 Å². The normalized spacial score (nSPS) is 17.3. The molecule has 0 spiro atoms. The Morgan fingerprint density at radius 1 is 1.14 bits per heavy atom. The van der Waals surface area contributed by atoms with Gasteiger partial charge in [-0.05, 0) is 75.0 Å². The lowest BCUT2D eigenvalue weighted by Gasteiger charge is -2.27. The first-order valence-electron chi connectivity index (χ1n) is 11.4. The summed E-state index contributed by atoms with van der Waals surface area (Å²) in [6.45, 7) is 6.13. The van der Waals surface area contributed by atoms with E-state index in [1.807, 2.05) is 49.1 Å². The maximum Gasteiger partial charge on any atom is 0.337 e. The SMILES string of the molecule is CCOC(=O)CN1C(=S)N[C@@H](c2ccccn2)[C@H]1c1cc(C)n(-c2cccc(C(=O)OC)c2)c1C. The zero-order valence-corrected chi connectivity index (χ0v) is 21.0. The number of hydrogen-bond donors (Lipinski definition) is 1. The molecule has 0 saturated carbocycles. The van der Waals surface area contributed by atoms with Crippen LogP contribution in [0.3, 0.4) is 0 Å². The minimum atomic E-state index is -0.393. The van der Waals surface area contributed by atoms with Gasteiger partial charge in [0.15, 0.2) is 5.11 Å². The second-order valence-corrected chi connectivity index (χ2v) is 8.65. The first-order valence-corrected chi connectivity index (χ1v) is 11.8. The molecule has 182 valence electrons. The van der Waals surface area contributed by atoms with Crippen molar-refractivity contribution in [2.75, 3.05) is 20.3 Å². The van der Waals surface area contributed by atoms with E-state index in [1.165, 1.54) is 7.11 Å². The molecule has 4 rings (SSSR count). The van der Waals surface area contributed by atoms with Gasteiger partial charge >= 0.3 is 11.9 Å². The maximum absolute atomic E-state index is 12.5. The smallest absolute Gasteiger partial charge is 0.337 e. The molecule has 2 atom stereocenters. The van der Waals surface area contributed by atoms with Gasteiger partial charge < -0.3 is 24.3 Å². The van der Waals surface area contributed by atoms with E-state index in [1.54, 1.807) is 25.3 Å². The van der Waals surface area contributed by atoms with Gasteiger partial charge in [-0.3, -0.25) is 9.78 Å². The summed E-state index contributed by atoms with van der Waals surface area (Å²) >= 11 is 5.65. The van der Waals surface area contributed by atoms with Gasteiger partial charge in [0.2, 0.25) is 0 Å². The van der Waals surface area contributed by atoms with Crippen molar-refractivity contribution in [3.05, 3.63) is 82.9 Å². The summed E-state index contributed by atoms with van der Waals surface area (Å²) in [4.78, 5) is 31.0. The lowest BCUT2D eigenvalue weighted by Crippen LogP contribution is -2.35. The van der Waals surface area contributed by atoms with Gasteiger partial charge in [0.05, 0.1) is 37.1 Å². The van der Waals surface area contributed by atoms with Crippen LogP contribution in [0.5, 0.6) is 0 Å². The molecule has 0 bridgehead atoms. The van der Waals surface area contributed by atoms with Gasteiger partial charge in [-0.2, -0.15) is 0 Å². The van der Waals surface area contributed by atoms with Crippen molar-refractivity contribution in [2.45, 2.75) is 32.9 Å². The molecule has 0 aliphatic carbocycles. The zero-order chi connectivity index (χ0) is 25.1. The molecule has 1 aromatic carbocycles. The topological polar surface area (TPSA) is 85.7 Å². The van der Waals surface area contributed by atoms with Crippen LogP contribution in [0, 0.1) is 13.8 Å². The van der Waals surface area contributed by atoms with E-state index in [4.69, 9.17) is 21.7 Å². The lowest BCUT2D eigenvalue weighted by molar-refractivity contribution is -0.143. The summed E-state index contributed by atoms with van der Waals surface area (Å²) in [6.07, 6.45) is 1.74. The Bertz CT molecular complexity index is 1260. The van der Waals surface area contributed by atoms with Crippen molar-refractivity contribution >= 4 is 29.3 Å². The number of rotatable bonds is 7. The molecule has 1 saturated heterocycles. The average molecular weight is 493 g/mol. The molecule has 0 unspecified atom stereocenters. The monoisotopic (exact) mass is 492 g/mol. The fourth-order valence-electron chi connectivity index (χ4n) is 4.63. The van der Waals surface area contributed by atoms with Crippen molar-refractivity contribution in [1.29, 1.82) is 0 Å². The third-order valence-corrected chi connectivity index (χ3v) is 6.47. The highest BCUT2D eigenvalue weighted by Crippen LogP contribution is 2.41. The largest absolute Gasteiger partial charge is 0.465 e. The molecule has 35 heavy (non-hydrogen) atoms. The van der Waals surface area contributed by atoms with Gasteiger partial charge in [-0.1, -0.05) is 12.1 Å². The lowest BCUT2D eigenvalue weighted by atomic mass is 9.97. The predicted molar refractivity (Wildman–Crippen MR) is 135 cm³/mol. The molecule has 3 aromatic rings. The summed E-state index contributed by atoms with van der Waals surface area (Å²) in [5, 5.41) is 3.83. The van der Waals surface area contributed by atoms with Crippen LogP contribution in [0.2, 0.25) is 0 Å². The van der Waals surface area contributed by atoms with E-state index in [0.717, 1.165) is 28.3 Å². The van der Waals surface area contributed by atoms with Crippen molar-refractivity contribution < 1.29 is 19.1 Å². The van der Waals surface area contributed by atoms with Crippen molar-refractivity contribution in [3.63, 3.8) is 0 Å². The van der Waals surface area contributed by atoms with Crippen LogP contribution >= 0.6 is 12.2 Å². The number of carbonyl (C=O) groups is 2. The van der Waals surface area contributed by atoms with Gasteiger partial charge in [0.1, 0.15) is 6.54 Å². The number of pyridine rings is 1. The molecule has 1 N–H and O–H groups in total. The van der Waals surface area contributed by atoms with Crippen molar-refractivity contribution in [2.24, 2.45) is 0 Å². The third-order valence-electron chi connectivity index (χ3n) is 6.12. The molecule has 3 heterocycles. The number of esters is 2. The highest BCUT2D eigenvalue weighted by molar-refractivity contribution is 7.80. The average Bonchev–Trinajstić information content (AvgIpc) is 3.34. The fraction of sp³-hybridized carbons (Fsp3) is 0.308. The second-order valence-electron chi connectivity index (χ2n) is 8.26. The summed E-state index contributed by atoms with van der Waals surface area (Å²) < 4.78 is 12.2. The van der Waals surface area contributed by atoms with E-state index >= 15 is 0 Å². The number of thiocarbonyl (C=S) groups is 1. The number of carbonyl (C=O) groups excluding carboxylic acids is 2. The van der Waals surface area contributed by atoms with Crippen LogP contribution in [-0.4, -0.2) is 51.8 Å². The number of aromatic nitrogens is 2. The minimum absolute atomic E-state index is 0.0230. The molecule has 1 aliphatic heterocycles. The number of aryl methyl sites for hydroxylation is 1. The third kappa shape index (κ3) is 4.77. The van der Waals surface area contributed by atoms with E-state index < -0.39 is 5.97 Å². The summed E-state index contributed by atoms with van der Waals surface area (Å²) in [5.74, 6) is -0.737. The maximum atomic E-state index is 12.5. The van der Waals surface area contributed by atoms with E-state index in [0.29, 0.717) is 17.3 Å². The fourth-order valence-corrected chi connectivity index (χ4v) is 4.94. The number of nitrogens with one attached hydrogen (secondary N) is 1. The Balaban J connectivity index is 1.81. The van der Waals surface area contributed by atoms with Gasteiger partial charge in [0, 0.05) is 23.3 Å². The van der Waals surface area contributed by atoms with Gasteiger partial charge in [-0.15, -0.1) is 0 Å². The highest BCUT2D eigenvalue weighted by Gasteiger charge is 2.42. The summed E-state index contributed by atoms with van der Waals surface area (Å²) in [6, 6.07) is 14.6. The van der Waals surface area contributed by atoms with Crippen LogP contribution in [0.1, 0.15) is 52.0 Å². The van der Waals surface area contributed by atoms with Gasteiger partial charge in [0.25, 0.3) is 0 Å². The van der Waals surface area contributed by atoms with Crippen LogP contribution in [-0.2, 0) is 14.3 Å². The Morgan fingerprint density at radius 3 is 2.63 bits per heavy atom. The second kappa shape index (κ2) is 10.3. The zero-order valence-electron chi connectivity index (χ0n) is 20.1. The number of ether oxygens (including phenoxy) is 2. The standard InChI is InChI=1S/C26H28N4O4S/c1-5-34-22(31)15-29-24(23(28-26(29)35)21-11-6-7-12-27-21)20-13-16(2)30(17(20)3)19-10-8-9-18(14-19)25(32)33-4/h6-14,23-24H,5,15H2,1-4H3,(H,28,35)/t23-,24+/m0/s1. The molecular weight excluding hydrogens is 464 g/mol. The van der Waals surface area contributed by atoms with Crippen LogP contribution in [0.25, 0.3) is 5.69 Å². The number of hydrogen-bond acceptors (Lipinski definition) is 6. The Kier molecular flexibility index (Phi) is 7.16. The molecule has 2 aromatic heterocycles. The first kappa shape index (κ1) is 24.4. The van der Waals surface area contributed by atoms with Gasteiger partial charge in [-0.25, -0.2) is 4.79 Å². The molecule has 0 radical (unpaired) electrons. The summed E-state index contributed by atoms with van der Waals surface area (Å²) in [7, 11) is 1.37. The molecular formula is C26H28N4O4S. The van der Waals surface area contributed by atoms with Crippen molar-refractivity contribution in [3.8, 4) is 5.69 Å². The molecule has 0 amide bonds. The molecule has 9 heteroatoms. The molecule has 8 nitrogen and oxygen atoms in total. The number of methoxy groups -OCH3 is 1. The first-order chi connectivity index (χ1) is 16.8. The quantitative estimate of drug-likeness (QED) is 0.394. The Morgan fingerprint density at radius 2 is 1.94 bits per heavy atom. The van der Waals surface area contributed by atoms with Crippen molar-refractivity contribution in [1.82, 2.24) is 19.8 Å². The predicted octanol–water partition coefficient (Wildman–Crippen LogP) is 3.81. The van der Waals surface area contributed by atoms with E-state index in [-0.39, 0.29) is 24.6 Å². The van der Waals surface area contributed by atoms with Crippen LogP contribution < -0.4 is 5.32 Å². The molecule has 1 aliphatic rings. The number of nitrogens with zero attached hydrogens (tertiary/aromatic N) is 3. The Labute approximate surface area is 209 Å². The Hall–Kier alpha value is -3.72. The van der Waals surface area contributed by atoms with Crippen LogP contribution in [0.15, 0.2) is 54.7 Å². The highest BCUT2D eigenvalue weighted by atomic mass is 32.1. The number of benzene rings is 1. The minimum Gasteiger partial charge on any atom is -0.465 e. The van der Waals surface area contributed by atoms with E-state index in [2.05, 4.69) is 20.9 Å². The van der Waals surface area contributed by atoms with E-state index in [9.17, 15) is 9.59 Å².